The van der Waals surface area contributed by atoms with Crippen molar-refractivity contribution in [2.24, 2.45) is 0 Å². The van der Waals surface area contributed by atoms with E-state index >= 15 is 0 Å². The van der Waals surface area contributed by atoms with Gasteiger partial charge in [-0.15, -0.1) is 0 Å². The van der Waals surface area contributed by atoms with Gasteiger partial charge in [-0.05, 0) is 0 Å². The maximum absolute atomic E-state index is 14.4. The molecule has 1 aromatic heterocycles. The fourth-order valence-corrected chi connectivity index (χ4v) is 6.94. The van der Waals surface area contributed by atoms with E-state index in [2.05, 4.69) is 50.3 Å². The van der Waals surface area contributed by atoms with Crippen LogP contribution in [-0.4, -0.2) is 18.3 Å². The van der Waals surface area contributed by atoms with Gasteiger partial charge in [0.05, 0.1) is 0 Å². The molecule has 3 aromatic rings. The van der Waals surface area contributed by atoms with E-state index in [0.29, 0.717) is 5.56 Å². The van der Waals surface area contributed by atoms with Gasteiger partial charge in [0.15, 0.2) is 0 Å². The van der Waals surface area contributed by atoms with Crippen molar-refractivity contribution in [2.45, 2.75) is 43.5 Å². The van der Waals surface area contributed by atoms with Crippen LogP contribution in [0, 0.1) is 5.82 Å². The molecule has 27 heavy (non-hydrogen) atoms. The molecule has 3 heteroatoms. The van der Waals surface area contributed by atoms with E-state index in [-0.39, 0.29) is 11.2 Å². The Kier molecular flexibility index (Phi) is 5.31. The second-order valence-electron chi connectivity index (χ2n) is 9.18. The van der Waals surface area contributed by atoms with Crippen molar-refractivity contribution in [3.8, 4) is 22.4 Å². The Hall–Kier alpha value is -1.94. The first kappa shape index (κ1) is 19.8. The molecule has 2 aromatic carbocycles. The monoisotopic (exact) mass is 423 g/mol. The van der Waals surface area contributed by atoms with Crippen LogP contribution in [0.2, 0.25) is 17.3 Å². The van der Waals surface area contributed by atoms with Crippen molar-refractivity contribution in [3.05, 3.63) is 72.2 Å². The zero-order chi connectivity index (χ0) is 19.8. The van der Waals surface area contributed by atoms with Gasteiger partial charge in [0.2, 0.25) is 0 Å². The molecule has 0 fully saturated rings. The summed E-state index contributed by atoms with van der Waals surface area (Å²) in [5.74, 6) is 6.99. The number of rotatable bonds is 3. The summed E-state index contributed by atoms with van der Waals surface area (Å²) < 4.78 is 15.9. The molecule has 0 spiro atoms. The first-order chi connectivity index (χ1) is 12.6. The fourth-order valence-electron chi connectivity index (χ4n) is 3.35. The molecule has 1 nitrogen and oxygen atoms in total. The molecule has 0 aliphatic heterocycles. The van der Waals surface area contributed by atoms with Crippen molar-refractivity contribution in [1.82, 2.24) is 4.98 Å². The van der Waals surface area contributed by atoms with Gasteiger partial charge in [0.25, 0.3) is 0 Å². The molecule has 0 amide bonds. The van der Waals surface area contributed by atoms with E-state index < -0.39 is 13.3 Å². The summed E-state index contributed by atoms with van der Waals surface area (Å²) in [5, 5.41) is 0. The molecule has 0 radical (unpaired) electrons. The van der Waals surface area contributed by atoms with Gasteiger partial charge >= 0.3 is 165 Å². The standard InChI is InChI=1S/C24H28FGeN/c1-24(2,3)20-15-23(27-16-22(20)26(4,5)6)18-12-13-21(25)19(14-18)17-10-8-7-9-11-17/h7-16H,1-6H3. The van der Waals surface area contributed by atoms with Gasteiger partial charge in [-0.3, -0.25) is 0 Å². The van der Waals surface area contributed by atoms with Crippen LogP contribution in [-0.2, 0) is 5.41 Å². The number of nitrogens with zero attached hydrogens (tertiary/aromatic N) is 1. The molecule has 1 heterocycles. The molecule has 0 unspecified atom stereocenters. The van der Waals surface area contributed by atoms with Crippen molar-refractivity contribution in [2.75, 3.05) is 0 Å². The number of hydrogen-bond donors (Lipinski definition) is 0. The molecular formula is C24H28FGeN. The van der Waals surface area contributed by atoms with Crippen LogP contribution in [0.1, 0.15) is 26.3 Å². The number of aromatic nitrogens is 1. The van der Waals surface area contributed by atoms with Gasteiger partial charge < -0.3 is 0 Å². The molecule has 0 aliphatic carbocycles. The van der Waals surface area contributed by atoms with Crippen molar-refractivity contribution < 1.29 is 4.39 Å². The second kappa shape index (κ2) is 7.23. The van der Waals surface area contributed by atoms with Crippen LogP contribution >= 0.6 is 0 Å². The molecule has 0 saturated heterocycles. The SMILES string of the molecule is CC(C)(C)c1cc(-c2ccc(F)c(-c3ccccc3)c2)nc[c]1[Ge]([CH3])([CH3])[CH3]. The number of hydrogen-bond acceptors (Lipinski definition) is 1. The minimum atomic E-state index is -2.04. The second-order valence-corrected chi connectivity index (χ2v) is 19.7. The molecule has 0 saturated carbocycles. The van der Waals surface area contributed by atoms with Crippen LogP contribution in [0.4, 0.5) is 4.39 Å². The van der Waals surface area contributed by atoms with Gasteiger partial charge in [-0.25, -0.2) is 0 Å². The van der Waals surface area contributed by atoms with E-state index in [1.54, 1.807) is 6.07 Å². The number of pyridine rings is 1. The topological polar surface area (TPSA) is 12.9 Å². The van der Waals surface area contributed by atoms with Crippen LogP contribution < -0.4 is 4.40 Å². The molecule has 3 rings (SSSR count). The van der Waals surface area contributed by atoms with E-state index in [1.165, 1.54) is 9.96 Å². The third kappa shape index (κ3) is 4.32. The first-order valence-electron chi connectivity index (χ1n) is 9.44. The normalized spacial score (nSPS) is 12.3. The summed E-state index contributed by atoms with van der Waals surface area (Å²) in [5.41, 5.74) is 4.78. The molecular weight excluding hydrogens is 394 g/mol. The fraction of sp³-hybridized carbons (Fsp3) is 0.292. The Morgan fingerprint density at radius 3 is 2.11 bits per heavy atom. The first-order valence-corrected chi connectivity index (χ1v) is 16.8. The van der Waals surface area contributed by atoms with Gasteiger partial charge in [-0.2, -0.15) is 0 Å². The van der Waals surface area contributed by atoms with Gasteiger partial charge in [0.1, 0.15) is 0 Å². The zero-order valence-electron chi connectivity index (χ0n) is 17.1. The summed E-state index contributed by atoms with van der Waals surface area (Å²) in [6.07, 6.45) is 2.07. The third-order valence-electron chi connectivity index (χ3n) is 4.87. The van der Waals surface area contributed by atoms with Gasteiger partial charge in [0, 0.05) is 0 Å². The quantitative estimate of drug-likeness (QED) is 0.446. The maximum atomic E-state index is 14.4. The molecule has 0 atom stereocenters. The summed E-state index contributed by atoms with van der Waals surface area (Å²) >= 11 is -2.04. The minimum absolute atomic E-state index is 0.0494. The Morgan fingerprint density at radius 1 is 0.852 bits per heavy atom. The third-order valence-corrected chi connectivity index (χ3v) is 9.09. The Labute approximate surface area is 165 Å². The summed E-state index contributed by atoms with van der Waals surface area (Å²) in [4.78, 5) is 4.78. The number of halogens is 1. The van der Waals surface area contributed by atoms with Crippen LogP contribution in [0.3, 0.4) is 0 Å². The summed E-state index contributed by atoms with van der Waals surface area (Å²) in [6.45, 7) is 6.76. The summed E-state index contributed by atoms with van der Waals surface area (Å²) in [7, 11) is 0. The van der Waals surface area contributed by atoms with Crippen molar-refractivity contribution >= 4 is 17.7 Å². The Bertz CT molecular complexity index is 950. The van der Waals surface area contributed by atoms with Crippen LogP contribution in [0.15, 0.2) is 60.8 Å². The summed E-state index contributed by atoms with van der Waals surface area (Å²) in [6, 6.07) is 17.2. The Morgan fingerprint density at radius 2 is 1.52 bits per heavy atom. The average Bonchev–Trinajstić information content (AvgIpc) is 2.61. The molecule has 140 valence electrons. The molecule has 0 bridgehead atoms. The predicted molar refractivity (Wildman–Crippen MR) is 117 cm³/mol. The van der Waals surface area contributed by atoms with E-state index in [0.717, 1.165) is 16.8 Å². The van der Waals surface area contributed by atoms with Crippen molar-refractivity contribution in [3.63, 3.8) is 0 Å². The predicted octanol–water partition coefficient (Wildman–Crippen LogP) is 6.40. The number of benzene rings is 2. The van der Waals surface area contributed by atoms with E-state index in [4.69, 9.17) is 4.98 Å². The average molecular weight is 422 g/mol. The van der Waals surface area contributed by atoms with Crippen LogP contribution in [0.25, 0.3) is 22.4 Å². The zero-order valence-corrected chi connectivity index (χ0v) is 19.2. The molecule has 0 aliphatic rings. The molecule has 0 N–H and O–H groups in total. The van der Waals surface area contributed by atoms with Crippen LogP contribution in [0.5, 0.6) is 0 Å². The van der Waals surface area contributed by atoms with E-state index in [1.807, 2.05) is 42.5 Å². The van der Waals surface area contributed by atoms with E-state index in [9.17, 15) is 4.39 Å². The van der Waals surface area contributed by atoms with Crippen molar-refractivity contribution in [1.29, 1.82) is 0 Å². The Balaban J connectivity index is 2.15. The van der Waals surface area contributed by atoms with Gasteiger partial charge in [-0.1, -0.05) is 0 Å².